The number of hydrogen-bond donors (Lipinski definition) is 3. The van der Waals surface area contributed by atoms with Gasteiger partial charge in [0, 0.05) is 5.69 Å². The highest BCUT2D eigenvalue weighted by Gasteiger charge is 2.22. The summed E-state index contributed by atoms with van der Waals surface area (Å²) in [5.41, 5.74) is 0.799. The summed E-state index contributed by atoms with van der Waals surface area (Å²) >= 11 is 0. The predicted octanol–water partition coefficient (Wildman–Crippen LogP) is 1.05. The van der Waals surface area contributed by atoms with E-state index in [1.165, 1.54) is 12.1 Å². The maximum absolute atomic E-state index is 11.1. The minimum absolute atomic E-state index is 0.0408. The average molecular weight is 270 g/mol. The van der Waals surface area contributed by atoms with E-state index in [9.17, 15) is 13.5 Å². The molecule has 0 bridgehead atoms. The van der Waals surface area contributed by atoms with Crippen LogP contribution in [0.1, 0.15) is 25.7 Å². The molecule has 0 saturated heterocycles. The number of anilines is 1. The molecule has 0 spiro atoms. The van der Waals surface area contributed by atoms with Gasteiger partial charge >= 0.3 is 0 Å². The van der Waals surface area contributed by atoms with Gasteiger partial charge in [0.15, 0.2) is 0 Å². The first kappa shape index (κ1) is 13.3. The van der Waals surface area contributed by atoms with Gasteiger partial charge in [0.25, 0.3) is 0 Å². The SMILES string of the molecule is NS(=O)(=O)c1ccc(NC2CCCCC2O)cc1. The molecular formula is C12H18N2O3S. The van der Waals surface area contributed by atoms with Gasteiger partial charge in [-0.05, 0) is 37.1 Å². The molecule has 2 atom stereocenters. The molecule has 1 aliphatic carbocycles. The largest absolute Gasteiger partial charge is 0.391 e. The van der Waals surface area contributed by atoms with Crippen LogP contribution in [0.25, 0.3) is 0 Å². The molecule has 5 nitrogen and oxygen atoms in total. The Bertz CT molecular complexity index is 499. The van der Waals surface area contributed by atoms with Crippen LogP contribution < -0.4 is 10.5 Å². The normalized spacial score (nSPS) is 24.8. The fourth-order valence-electron chi connectivity index (χ4n) is 2.23. The van der Waals surface area contributed by atoms with Gasteiger partial charge in [0.05, 0.1) is 17.0 Å². The maximum Gasteiger partial charge on any atom is 0.238 e. The summed E-state index contributed by atoms with van der Waals surface area (Å²) in [4.78, 5) is 0.0947. The standard InChI is InChI=1S/C12H18N2O3S/c13-18(16,17)10-7-5-9(6-8-10)14-11-3-1-2-4-12(11)15/h5-8,11-12,14-15H,1-4H2,(H2,13,16,17). The van der Waals surface area contributed by atoms with Gasteiger partial charge < -0.3 is 10.4 Å². The van der Waals surface area contributed by atoms with Crippen molar-refractivity contribution < 1.29 is 13.5 Å². The third-order valence-electron chi connectivity index (χ3n) is 3.26. The van der Waals surface area contributed by atoms with E-state index < -0.39 is 10.0 Å². The highest BCUT2D eigenvalue weighted by atomic mass is 32.2. The summed E-state index contributed by atoms with van der Waals surface area (Å²) in [7, 11) is -3.64. The molecule has 1 saturated carbocycles. The van der Waals surface area contributed by atoms with E-state index in [4.69, 9.17) is 5.14 Å². The predicted molar refractivity (Wildman–Crippen MR) is 69.7 cm³/mol. The molecule has 4 N–H and O–H groups in total. The summed E-state index contributed by atoms with van der Waals surface area (Å²) in [6, 6.07) is 6.31. The number of primary sulfonamides is 1. The molecule has 18 heavy (non-hydrogen) atoms. The van der Waals surface area contributed by atoms with Crippen molar-refractivity contribution in [2.24, 2.45) is 5.14 Å². The summed E-state index contributed by atoms with van der Waals surface area (Å²) in [5.74, 6) is 0. The Kier molecular flexibility index (Phi) is 3.89. The van der Waals surface area contributed by atoms with Crippen LogP contribution in [-0.2, 0) is 10.0 Å². The van der Waals surface area contributed by atoms with Crippen LogP contribution >= 0.6 is 0 Å². The first-order valence-corrected chi connectivity index (χ1v) is 7.59. The fourth-order valence-corrected chi connectivity index (χ4v) is 2.75. The third-order valence-corrected chi connectivity index (χ3v) is 4.19. The highest BCUT2D eigenvalue weighted by Crippen LogP contribution is 2.22. The van der Waals surface area contributed by atoms with Crippen LogP contribution in [0, 0.1) is 0 Å². The summed E-state index contributed by atoms with van der Waals surface area (Å²) in [6.07, 6.45) is 3.57. The van der Waals surface area contributed by atoms with Crippen molar-refractivity contribution >= 4 is 15.7 Å². The number of hydrogen-bond acceptors (Lipinski definition) is 4. The van der Waals surface area contributed by atoms with Crippen molar-refractivity contribution in [1.82, 2.24) is 0 Å². The Labute approximate surface area is 107 Å². The number of benzene rings is 1. The topological polar surface area (TPSA) is 92.4 Å². The average Bonchev–Trinajstić information content (AvgIpc) is 2.32. The third kappa shape index (κ3) is 3.22. The lowest BCUT2D eigenvalue weighted by atomic mass is 9.92. The van der Waals surface area contributed by atoms with Crippen LogP contribution in [0.3, 0.4) is 0 Å². The number of sulfonamides is 1. The molecule has 100 valence electrons. The van der Waals surface area contributed by atoms with Crippen molar-refractivity contribution in [3.63, 3.8) is 0 Å². The number of nitrogens with one attached hydrogen (secondary N) is 1. The Morgan fingerprint density at radius 1 is 1.17 bits per heavy atom. The lowest BCUT2D eigenvalue weighted by molar-refractivity contribution is 0.116. The summed E-state index contributed by atoms with van der Waals surface area (Å²) in [5, 5.41) is 18.1. The second-order valence-corrected chi connectivity index (χ2v) is 6.23. The van der Waals surface area contributed by atoms with E-state index in [1.807, 2.05) is 0 Å². The number of aliphatic hydroxyl groups is 1. The van der Waals surface area contributed by atoms with Gasteiger partial charge in [-0.2, -0.15) is 0 Å². The van der Waals surface area contributed by atoms with Gasteiger partial charge in [0.2, 0.25) is 10.0 Å². The second kappa shape index (κ2) is 5.26. The second-order valence-electron chi connectivity index (χ2n) is 4.67. The Morgan fingerprint density at radius 2 is 1.78 bits per heavy atom. The molecule has 0 aliphatic heterocycles. The molecule has 0 amide bonds. The zero-order valence-corrected chi connectivity index (χ0v) is 10.9. The lowest BCUT2D eigenvalue weighted by Gasteiger charge is -2.29. The van der Waals surface area contributed by atoms with Crippen LogP contribution in [-0.4, -0.2) is 25.7 Å². The Hall–Kier alpha value is -1.11. The number of aliphatic hydroxyl groups excluding tert-OH is 1. The fraction of sp³-hybridized carbons (Fsp3) is 0.500. The van der Waals surface area contributed by atoms with Crippen molar-refractivity contribution in [3.05, 3.63) is 24.3 Å². The highest BCUT2D eigenvalue weighted by molar-refractivity contribution is 7.89. The van der Waals surface area contributed by atoms with E-state index in [0.29, 0.717) is 0 Å². The minimum atomic E-state index is -3.64. The zero-order valence-electron chi connectivity index (χ0n) is 10.0. The van der Waals surface area contributed by atoms with Crippen molar-refractivity contribution in [3.8, 4) is 0 Å². The van der Waals surface area contributed by atoms with Gasteiger partial charge in [0.1, 0.15) is 0 Å². The monoisotopic (exact) mass is 270 g/mol. The van der Waals surface area contributed by atoms with Crippen molar-refractivity contribution in [1.29, 1.82) is 0 Å². The molecule has 0 radical (unpaired) electrons. The van der Waals surface area contributed by atoms with Crippen LogP contribution in [0.4, 0.5) is 5.69 Å². The minimum Gasteiger partial charge on any atom is -0.391 e. The van der Waals surface area contributed by atoms with Gasteiger partial charge in [-0.25, -0.2) is 13.6 Å². The molecule has 2 unspecified atom stereocenters. The molecule has 0 aromatic heterocycles. The molecule has 1 aromatic carbocycles. The zero-order chi connectivity index (χ0) is 13.2. The summed E-state index contributed by atoms with van der Waals surface area (Å²) in [6.45, 7) is 0. The smallest absolute Gasteiger partial charge is 0.238 e. The molecule has 6 heteroatoms. The number of rotatable bonds is 3. The van der Waals surface area contributed by atoms with Crippen LogP contribution in [0.2, 0.25) is 0 Å². The number of nitrogens with two attached hydrogens (primary N) is 1. The molecule has 1 aliphatic rings. The van der Waals surface area contributed by atoms with E-state index in [-0.39, 0.29) is 17.0 Å². The molecule has 0 heterocycles. The quantitative estimate of drug-likeness (QED) is 0.765. The van der Waals surface area contributed by atoms with Crippen molar-refractivity contribution in [2.75, 3.05) is 5.32 Å². The van der Waals surface area contributed by atoms with E-state index in [0.717, 1.165) is 31.4 Å². The van der Waals surface area contributed by atoms with Crippen LogP contribution in [0.5, 0.6) is 0 Å². The van der Waals surface area contributed by atoms with Gasteiger partial charge in [-0.1, -0.05) is 12.8 Å². The molecule has 1 aromatic rings. The first-order chi connectivity index (χ1) is 8.47. The molecule has 2 rings (SSSR count). The Balaban J connectivity index is 2.06. The molecular weight excluding hydrogens is 252 g/mol. The van der Waals surface area contributed by atoms with Gasteiger partial charge in [-0.3, -0.25) is 0 Å². The summed E-state index contributed by atoms with van der Waals surface area (Å²) < 4.78 is 22.2. The first-order valence-electron chi connectivity index (χ1n) is 6.04. The van der Waals surface area contributed by atoms with Crippen molar-refractivity contribution in [2.45, 2.75) is 42.7 Å². The maximum atomic E-state index is 11.1. The van der Waals surface area contributed by atoms with E-state index in [2.05, 4.69) is 5.32 Å². The Morgan fingerprint density at radius 3 is 2.33 bits per heavy atom. The van der Waals surface area contributed by atoms with Crippen LogP contribution in [0.15, 0.2) is 29.2 Å². The van der Waals surface area contributed by atoms with E-state index in [1.54, 1.807) is 12.1 Å². The lowest BCUT2D eigenvalue weighted by Crippen LogP contribution is -2.36. The molecule has 1 fully saturated rings. The van der Waals surface area contributed by atoms with E-state index >= 15 is 0 Å². The van der Waals surface area contributed by atoms with Gasteiger partial charge in [-0.15, -0.1) is 0 Å².